The highest BCUT2D eigenvalue weighted by Crippen LogP contribution is 2.29. The Balaban J connectivity index is 0.00000722. The molecule has 0 aliphatic carbocycles. The average Bonchev–Trinajstić information content (AvgIpc) is 4.08. The second-order valence-electron chi connectivity index (χ2n) is 21.3. The predicted molar refractivity (Wildman–Crippen MR) is 286 cm³/mol. The molecule has 10 atom stereocenters. The molecule has 3 heterocycles. The molecule has 0 spiro atoms. The molecular weight excluding hydrogens is 992 g/mol. The number of rotatable bonds is 18. The maximum absolute atomic E-state index is 14.5. The highest BCUT2D eigenvalue weighted by atomic mass is 35.5. The molecule has 74 heavy (non-hydrogen) atoms. The van der Waals surface area contributed by atoms with Crippen LogP contribution in [0.2, 0.25) is 0 Å². The van der Waals surface area contributed by atoms with Crippen LogP contribution in [0.5, 0.6) is 0 Å². The van der Waals surface area contributed by atoms with Gasteiger partial charge in [-0.25, -0.2) is 0 Å². The summed E-state index contributed by atoms with van der Waals surface area (Å²) in [7, 11) is 4.77. The average molecular weight is 1070 g/mol. The van der Waals surface area contributed by atoms with Gasteiger partial charge in [0.25, 0.3) is 11.8 Å². The first-order chi connectivity index (χ1) is 33.7. The van der Waals surface area contributed by atoms with Crippen LogP contribution in [0.1, 0.15) is 126 Å². The summed E-state index contributed by atoms with van der Waals surface area (Å²) in [5.41, 5.74) is 0.0960. The summed E-state index contributed by atoms with van der Waals surface area (Å²) >= 11 is 0. The molecule has 2 fully saturated rings. The number of nitrogens with zero attached hydrogens (tertiary/aromatic N) is 4. The summed E-state index contributed by atoms with van der Waals surface area (Å²) in [5.74, 6) is -3.90. The van der Waals surface area contributed by atoms with Crippen LogP contribution >= 0.6 is 24.8 Å². The molecule has 2 aliphatic rings. The molecule has 2 aromatic carbocycles. The van der Waals surface area contributed by atoms with Crippen molar-refractivity contribution in [1.29, 1.82) is 0 Å². The van der Waals surface area contributed by atoms with Gasteiger partial charge in [-0.05, 0) is 76.6 Å². The van der Waals surface area contributed by atoms with Crippen LogP contribution in [-0.2, 0) is 35.8 Å². The first-order valence-electron chi connectivity index (χ1n) is 24.7. The quantitative estimate of drug-likeness (QED) is 0.0920. The summed E-state index contributed by atoms with van der Waals surface area (Å²) in [6, 6.07) is 12.5. The Hall–Kier alpha value is -6.09. The third-order valence-electron chi connectivity index (χ3n) is 13.6. The molecule has 0 radical (unpaired) electrons. The number of halogens is 2. The molecule has 0 saturated carbocycles. The second kappa shape index (κ2) is 26.4. The van der Waals surface area contributed by atoms with Crippen molar-refractivity contribution in [3.8, 4) is 0 Å². The number of nitrogens with one attached hydrogen (secondary N) is 8. The molecule has 0 unspecified atom stereocenters. The number of likely N-dealkylation sites (N-methyl/N-ethyl adjacent to an activating group) is 2. The van der Waals surface area contributed by atoms with Crippen LogP contribution in [0.4, 0.5) is 0 Å². The van der Waals surface area contributed by atoms with Crippen molar-refractivity contribution in [2.45, 2.75) is 142 Å². The van der Waals surface area contributed by atoms with E-state index in [1.54, 1.807) is 27.9 Å². The van der Waals surface area contributed by atoms with Crippen molar-refractivity contribution >= 4 is 72.1 Å². The Kier molecular flexibility index (Phi) is 22.2. The lowest BCUT2D eigenvalue weighted by atomic mass is 9.85. The summed E-state index contributed by atoms with van der Waals surface area (Å²) in [4.78, 5) is 114. The lowest BCUT2D eigenvalue weighted by Gasteiger charge is -2.36. The highest BCUT2D eigenvalue weighted by Gasteiger charge is 2.48. The molecule has 0 bridgehead atoms. The molecular formula is C52H78Cl2N12O8. The molecule has 2 aliphatic heterocycles. The van der Waals surface area contributed by atoms with Crippen molar-refractivity contribution in [3.05, 3.63) is 89.2 Å². The van der Waals surface area contributed by atoms with Gasteiger partial charge in [-0.15, -0.1) is 24.8 Å². The van der Waals surface area contributed by atoms with E-state index < -0.39 is 119 Å². The SMILES string of the molecule is CN[C@@H](C)C(=O)N[C@H](C(=O)N1C[C@@H](NC(=O)c2cc(C(=O)N[C@H]3C[C@@H](C(=O)N[C@H](C)c4ccccc4)N(C(=O)[C@@H](NC(=O)[C@H](C)NC)C(C)(C)C)C3)n(C)n2)C[C@H]1C(=O)N[C@H](C)c1ccccc1)C(C)(C)C.Cl.Cl. The summed E-state index contributed by atoms with van der Waals surface area (Å²) in [6.45, 7) is 17.8. The van der Waals surface area contributed by atoms with Crippen molar-refractivity contribution in [2.75, 3.05) is 27.2 Å². The normalized spacial score (nSPS) is 20.0. The van der Waals surface area contributed by atoms with E-state index in [1.165, 1.54) is 27.6 Å². The number of carbonyl (C=O) groups is 8. The van der Waals surface area contributed by atoms with Gasteiger partial charge in [-0.1, -0.05) is 102 Å². The monoisotopic (exact) mass is 1070 g/mol. The number of carbonyl (C=O) groups excluding carboxylic acids is 8. The fourth-order valence-corrected chi connectivity index (χ4v) is 8.87. The van der Waals surface area contributed by atoms with Crippen molar-refractivity contribution in [3.63, 3.8) is 0 Å². The summed E-state index contributed by atoms with van der Waals surface area (Å²) < 4.78 is 1.25. The molecule has 408 valence electrons. The topological polar surface area (TPSA) is 257 Å². The van der Waals surface area contributed by atoms with E-state index >= 15 is 0 Å². The van der Waals surface area contributed by atoms with Gasteiger partial charge in [0.05, 0.1) is 24.2 Å². The minimum absolute atomic E-state index is 0. The van der Waals surface area contributed by atoms with Gasteiger partial charge in [0, 0.05) is 38.3 Å². The molecule has 5 rings (SSSR count). The lowest BCUT2D eigenvalue weighted by Crippen LogP contribution is -2.59. The zero-order chi connectivity index (χ0) is 53.4. The molecule has 2 saturated heterocycles. The molecule has 22 heteroatoms. The summed E-state index contributed by atoms with van der Waals surface area (Å²) in [5, 5.41) is 27.8. The Morgan fingerprint density at radius 2 is 0.932 bits per heavy atom. The predicted octanol–water partition coefficient (Wildman–Crippen LogP) is 2.69. The summed E-state index contributed by atoms with van der Waals surface area (Å²) in [6.07, 6.45) is 0.102. The minimum Gasteiger partial charge on any atom is -0.348 e. The molecule has 20 nitrogen and oxygen atoms in total. The number of benzene rings is 2. The van der Waals surface area contributed by atoms with E-state index in [-0.39, 0.29) is 62.1 Å². The van der Waals surface area contributed by atoms with Crippen LogP contribution in [-0.4, -0.2) is 142 Å². The Morgan fingerprint density at radius 3 is 1.28 bits per heavy atom. The van der Waals surface area contributed by atoms with Crippen molar-refractivity contribution in [2.24, 2.45) is 17.9 Å². The third kappa shape index (κ3) is 15.5. The highest BCUT2D eigenvalue weighted by molar-refractivity contribution is 5.99. The van der Waals surface area contributed by atoms with E-state index in [4.69, 9.17) is 0 Å². The number of hydrogen-bond acceptors (Lipinski definition) is 11. The zero-order valence-corrected chi connectivity index (χ0v) is 46.5. The maximum Gasteiger partial charge on any atom is 0.272 e. The number of amides is 8. The Bertz CT molecular complexity index is 2450. The fraction of sp³-hybridized carbons (Fsp3) is 0.558. The van der Waals surface area contributed by atoms with E-state index in [0.29, 0.717) is 0 Å². The smallest absolute Gasteiger partial charge is 0.272 e. The largest absolute Gasteiger partial charge is 0.348 e. The van der Waals surface area contributed by atoms with Crippen LogP contribution in [0, 0.1) is 10.8 Å². The van der Waals surface area contributed by atoms with Gasteiger partial charge in [0.15, 0.2) is 5.69 Å². The van der Waals surface area contributed by atoms with Crippen LogP contribution in [0.3, 0.4) is 0 Å². The van der Waals surface area contributed by atoms with Crippen molar-refractivity contribution < 1.29 is 38.4 Å². The van der Waals surface area contributed by atoms with E-state index in [9.17, 15) is 38.4 Å². The van der Waals surface area contributed by atoms with Crippen molar-refractivity contribution in [1.82, 2.24) is 62.1 Å². The first kappa shape index (κ1) is 62.2. The van der Waals surface area contributed by atoms with Crippen LogP contribution in [0.15, 0.2) is 66.7 Å². The molecule has 1 aromatic heterocycles. The first-order valence-corrected chi connectivity index (χ1v) is 24.7. The molecule has 8 N–H and O–H groups in total. The Labute approximate surface area is 447 Å². The minimum atomic E-state index is -1.02. The zero-order valence-electron chi connectivity index (χ0n) is 44.8. The van der Waals surface area contributed by atoms with Gasteiger partial charge in [-0.2, -0.15) is 5.10 Å². The number of aromatic nitrogens is 2. The molecule has 8 amide bonds. The van der Waals surface area contributed by atoms with E-state index in [0.717, 1.165) is 11.1 Å². The lowest BCUT2D eigenvalue weighted by molar-refractivity contribution is -0.144. The van der Waals surface area contributed by atoms with Crippen LogP contribution in [0.25, 0.3) is 0 Å². The van der Waals surface area contributed by atoms with Gasteiger partial charge in [0.2, 0.25) is 35.4 Å². The van der Waals surface area contributed by atoms with Crippen LogP contribution < -0.4 is 42.5 Å². The van der Waals surface area contributed by atoms with E-state index in [2.05, 4.69) is 47.6 Å². The fourth-order valence-electron chi connectivity index (χ4n) is 8.87. The van der Waals surface area contributed by atoms with Gasteiger partial charge in [0.1, 0.15) is 29.9 Å². The van der Waals surface area contributed by atoms with Gasteiger partial charge < -0.3 is 52.3 Å². The van der Waals surface area contributed by atoms with E-state index in [1.807, 2.05) is 116 Å². The van der Waals surface area contributed by atoms with Gasteiger partial charge >= 0.3 is 0 Å². The maximum atomic E-state index is 14.5. The third-order valence-corrected chi connectivity index (χ3v) is 13.6. The number of aryl methyl sites for hydroxylation is 1. The Morgan fingerprint density at radius 1 is 0.568 bits per heavy atom. The number of hydrogen-bond donors (Lipinski definition) is 8. The molecule has 3 aromatic rings. The number of likely N-dealkylation sites (tertiary alicyclic amines) is 2. The second-order valence-corrected chi connectivity index (χ2v) is 21.3. The standard InChI is InChI=1S/C52H76N12O8.2ClH/c1-29(33-20-16-14-17-21-33)55-47(69)39-24-35(27-63(39)49(71)41(51(5,6)7)59-43(65)31(3)53-11)57-45(67)37-26-38(62(13)61-37)46(68)58-36-25-40(48(70)56-30(2)34-22-18-15-19-23-34)64(28-36)50(72)42(52(8,9)10)60-44(66)32(4)54-12;;/h14-23,26,29-32,35-36,39-42,53-54H,24-25,27-28H2,1-13H3,(H,55,69)(H,56,70)(H,57,67)(H,58,68)(H,59,65)(H,60,66);2*1H/t29-,30-,31+,32+,35+,36+,39+,40+,41-,42-;;/m1../s1. The van der Waals surface area contributed by atoms with Gasteiger partial charge in [-0.3, -0.25) is 43.0 Å².